The molecular weight excluding hydrogens is 677 g/mol. The van der Waals surface area contributed by atoms with Crippen molar-refractivity contribution < 1.29 is 0 Å². The topological polar surface area (TPSA) is 8.17 Å². The normalized spacial score (nSPS) is 24.4. The van der Waals surface area contributed by atoms with Gasteiger partial charge in [0.25, 0.3) is 0 Å². The predicted octanol–water partition coefficient (Wildman–Crippen LogP) is 14.3. The summed E-state index contributed by atoms with van der Waals surface area (Å²) in [7, 11) is 0. The van der Waals surface area contributed by atoms with Gasteiger partial charge in [0, 0.05) is 27.8 Å². The van der Waals surface area contributed by atoms with Gasteiger partial charge in [-0.3, -0.25) is 0 Å². The summed E-state index contributed by atoms with van der Waals surface area (Å²) >= 11 is 0. The molecule has 268 valence electrons. The maximum atomic E-state index is 2.53. The van der Waals surface area contributed by atoms with Gasteiger partial charge in [0.15, 0.2) is 0 Å². The van der Waals surface area contributed by atoms with Crippen molar-refractivity contribution in [3.63, 3.8) is 0 Å². The van der Waals surface area contributed by atoms with Crippen LogP contribution in [0.15, 0.2) is 176 Å². The standard InChI is InChI=1S/C54H42N2/c1-2-9-35(10-3-1)37-17-23-44(24-18-37)56-49-16-8-15-48(52(49)51-46-14-7-6-12-38(46)20-28-50(51)56)55(45-25-19-36-11-4-5-13-39(36)30-45)43-26-21-41(22-27-43)53-32-42-29-40-31-54(42,34-53)47(40)33-53/h1-28,30,40,42,47H,29,31-34H2. The number of aromatic nitrogens is 1. The Morgan fingerprint density at radius 2 is 1.23 bits per heavy atom. The predicted molar refractivity (Wildman–Crippen MR) is 234 cm³/mol. The van der Waals surface area contributed by atoms with Gasteiger partial charge in [-0.15, -0.1) is 0 Å². The van der Waals surface area contributed by atoms with Gasteiger partial charge in [-0.05, 0) is 154 Å². The minimum atomic E-state index is 0.384. The van der Waals surface area contributed by atoms with Crippen LogP contribution >= 0.6 is 0 Å². The highest BCUT2D eigenvalue weighted by Crippen LogP contribution is 2.83. The van der Waals surface area contributed by atoms with Crippen molar-refractivity contribution >= 4 is 60.4 Å². The maximum Gasteiger partial charge on any atom is 0.0562 e. The lowest BCUT2D eigenvalue weighted by Gasteiger charge is -2.45. The molecule has 1 aromatic heterocycles. The zero-order chi connectivity index (χ0) is 36.6. The summed E-state index contributed by atoms with van der Waals surface area (Å²) in [6.45, 7) is 0. The summed E-state index contributed by atoms with van der Waals surface area (Å²) in [5, 5.41) is 7.60. The SMILES string of the molecule is c1ccc(-c2ccc(-n3c4cccc(N(c5ccc(C67CC8CC9CC8(C6)C9C7)cc5)c5ccc6ccccc6c5)c4c4c5ccccc5ccc43)cc2)cc1. The van der Waals surface area contributed by atoms with Crippen molar-refractivity contribution in [3.05, 3.63) is 181 Å². The van der Waals surface area contributed by atoms with E-state index >= 15 is 0 Å². The van der Waals surface area contributed by atoms with Crippen LogP contribution in [0.5, 0.6) is 0 Å². The summed E-state index contributed by atoms with van der Waals surface area (Å²) in [6.07, 6.45) is 7.27. The summed E-state index contributed by atoms with van der Waals surface area (Å²) < 4.78 is 2.48. The molecule has 0 saturated heterocycles. The highest BCUT2D eigenvalue weighted by molar-refractivity contribution is 6.25. The molecule has 5 fully saturated rings. The summed E-state index contributed by atoms with van der Waals surface area (Å²) in [4.78, 5) is 2.53. The summed E-state index contributed by atoms with van der Waals surface area (Å²) in [5.41, 5.74) is 12.3. The maximum absolute atomic E-state index is 2.53. The van der Waals surface area contributed by atoms with Crippen molar-refractivity contribution in [2.75, 3.05) is 4.90 Å². The Morgan fingerprint density at radius 1 is 0.518 bits per heavy atom. The minimum Gasteiger partial charge on any atom is -0.310 e. The molecule has 2 heteroatoms. The number of nitrogens with zero attached hydrogens (tertiary/aromatic N) is 2. The van der Waals surface area contributed by atoms with Gasteiger partial charge < -0.3 is 9.47 Å². The molecule has 3 bridgehead atoms. The minimum absolute atomic E-state index is 0.384. The Balaban J connectivity index is 1.03. The Morgan fingerprint density at radius 3 is 2.05 bits per heavy atom. The van der Waals surface area contributed by atoms with E-state index in [-0.39, 0.29) is 0 Å². The summed E-state index contributed by atoms with van der Waals surface area (Å²) in [5.74, 6) is 2.99. The second kappa shape index (κ2) is 11.2. The molecule has 2 nitrogen and oxygen atoms in total. The quantitative estimate of drug-likeness (QED) is 0.166. The van der Waals surface area contributed by atoms with Gasteiger partial charge in [-0.1, -0.05) is 121 Å². The van der Waals surface area contributed by atoms with E-state index in [9.17, 15) is 0 Å². The lowest BCUT2D eigenvalue weighted by atomic mass is 9.59. The highest BCUT2D eigenvalue weighted by atomic mass is 15.1. The molecule has 5 aliphatic carbocycles. The monoisotopic (exact) mass is 718 g/mol. The molecule has 14 rings (SSSR count). The molecule has 5 saturated carbocycles. The van der Waals surface area contributed by atoms with E-state index in [1.165, 1.54) is 104 Å². The number of benzene rings is 8. The third kappa shape index (κ3) is 4.17. The zero-order valence-electron chi connectivity index (χ0n) is 31.4. The van der Waals surface area contributed by atoms with Crippen LogP contribution in [0.4, 0.5) is 17.1 Å². The second-order valence-corrected chi connectivity index (χ2v) is 17.6. The molecule has 5 aliphatic rings. The van der Waals surface area contributed by atoms with Gasteiger partial charge in [0.1, 0.15) is 0 Å². The molecule has 0 radical (unpaired) electrons. The highest BCUT2D eigenvalue weighted by Gasteiger charge is 2.76. The van der Waals surface area contributed by atoms with E-state index in [1.54, 1.807) is 5.56 Å². The number of hydrogen-bond donors (Lipinski definition) is 0. The Kier molecular flexibility index (Phi) is 6.24. The third-order valence-electron chi connectivity index (χ3n) is 15.1. The fraction of sp³-hybridized carbons (Fsp3) is 0.185. The van der Waals surface area contributed by atoms with Crippen LogP contribution in [-0.4, -0.2) is 4.57 Å². The molecule has 5 unspecified atom stereocenters. The number of hydrogen-bond acceptors (Lipinski definition) is 1. The van der Waals surface area contributed by atoms with Gasteiger partial charge in [-0.2, -0.15) is 0 Å². The first-order chi connectivity index (χ1) is 27.7. The van der Waals surface area contributed by atoms with Gasteiger partial charge >= 0.3 is 0 Å². The van der Waals surface area contributed by atoms with E-state index in [1.807, 2.05) is 0 Å². The van der Waals surface area contributed by atoms with Crippen LogP contribution in [0.2, 0.25) is 0 Å². The largest absolute Gasteiger partial charge is 0.310 e. The van der Waals surface area contributed by atoms with Crippen molar-refractivity contribution in [3.8, 4) is 16.8 Å². The molecule has 5 atom stereocenters. The van der Waals surface area contributed by atoms with Gasteiger partial charge in [0.05, 0.1) is 16.7 Å². The molecule has 0 N–H and O–H groups in total. The first kappa shape index (κ1) is 31.1. The van der Waals surface area contributed by atoms with E-state index in [0.29, 0.717) is 10.8 Å². The molecule has 1 heterocycles. The smallest absolute Gasteiger partial charge is 0.0562 e. The lowest BCUT2D eigenvalue weighted by Crippen LogP contribution is -2.38. The van der Waals surface area contributed by atoms with Crippen LogP contribution in [0.3, 0.4) is 0 Å². The van der Waals surface area contributed by atoms with Crippen molar-refractivity contribution in [1.82, 2.24) is 4.57 Å². The Labute approximate surface area is 327 Å². The van der Waals surface area contributed by atoms with Gasteiger partial charge in [0.2, 0.25) is 0 Å². The van der Waals surface area contributed by atoms with E-state index in [4.69, 9.17) is 0 Å². The van der Waals surface area contributed by atoms with Crippen LogP contribution in [-0.2, 0) is 5.41 Å². The first-order valence-electron chi connectivity index (χ1n) is 20.7. The molecule has 0 aliphatic heterocycles. The van der Waals surface area contributed by atoms with E-state index in [2.05, 4.69) is 185 Å². The Hall–Kier alpha value is -6.12. The average molecular weight is 719 g/mol. The summed E-state index contributed by atoms with van der Waals surface area (Å²) in [6, 6.07) is 65.8. The lowest BCUT2D eigenvalue weighted by molar-refractivity contribution is 0.0381. The fourth-order valence-corrected chi connectivity index (χ4v) is 12.9. The molecule has 1 spiro atoms. The van der Waals surface area contributed by atoms with Crippen LogP contribution in [0, 0.1) is 23.2 Å². The Bertz CT molecular complexity index is 3020. The molecule has 8 aromatic carbocycles. The van der Waals surface area contributed by atoms with Crippen LogP contribution < -0.4 is 4.90 Å². The van der Waals surface area contributed by atoms with E-state index < -0.39 is 0 Å². The molecular formula is C54H42N2. The zero-order valence-corrected chi connectivity index (χ0v) is 31.4. The molecule has 9 aromatic rings. The number of anilines is 3. The average Bonchev–Trinajstić information content (AvgIpc) is 4.00. The first-order valence-corrected chi connectivity index (χ1v) is 20.7. The number of fused-ring (bicyclic) bond motifs is 7. The molecule has 56 heavy (non-hydrogen) atoms. The second-order valence-electron chi connectivity index (χ2n) is 17.6. The van der Waals surface area contributed by atoms with Crippen LogP contribution in [0.1, 0.15) is 37.7 Å². The van der Waals surface area contributed by atoms with Crippen LogP contribution in [0.25, 0.3) is 60.2 Å². The fourth-order valence-electron chi connectivity index (χ4n) is 12.9. The van der Waals surface area contributed by atoms with Crippen molar-refractivity contribution in [2.24, 2.45) is 23.2 Å². The van der Waals surface area contributed by atoms with Gasteiger partial charge in [-0.25, -0.2) is 0 Å². The van der Waals surface area contributed by atoms with Crippen molar-refractivity contribution in [2.45, 2.75) is 37.5 Å². The van der Waals surface area contributed by atoms with E-state index in [0.717, 1.165) is 23.4 Å². The third-order valence-corrected chi connectivity index (χ3v) is 15.1. The van der Waals surface area contributed by atoms with Crippen molar-refractivity contribution in [1.29, 1.82) is 0 Å². The number of rotatable bonds is 6. The molecule has 0 amide bonds.